The van der Waals surface area contributed by atoms with Gasteiger partial charge < -0.3 is 10.3 Å². The van der Waals surface area contributed by atoms with Crippen LogP contribution < -0.4 is 5.73 Å². The minimum Gasteiger partial charge on any atom is -0.325 e. The van der Waals surface area contributed by atoms with Crippen molar-refractivity contribution >= 4 is 38.3 Å². The number of hydrogen-bond acceptors (Lipinski definition) is 4. The van der Waals surface area contributed by atoms with Gasteiger partial charge in [0.15, 0.2) is 5.82 Å². The number of aryl methyl sites for hydroxylation is 1. The van der Waals surface area contributed by atoms with Gasteiger partial charge in [-0.15, -0.1) is 11.3 Å². The van der Waals surface area contributed by atoms with Crippen LogP contribution in [0.1, 0.15) is 29.6 Å². The zero-order valence-electron chi connectivity index (χ0n) is 11.6. The third-order valence-corrected chi connectivity index (χ3v) is 5.45. The Morgan fingerprint density at radius 3 is 2.86 bits per heavy atom. The van der Waals surface area contributed by atoms with E-state index in [0.717, 1.165) is 31.4 Å². The van der Waals surface area contributed by atoms with Crippen molar-refractivity contribution in [2.24, 2.45) is 5.73 Å². The smallest absolute Gasteiger partial charge is 0.153 e. The third-order valence-electron chi connectivity index (χ3n) is 3.78. The van der Waals surface area contributed by atoms with Crippen LogP contribution in [0.2, 0.25) is 0 Å². The highest BCUT2D eigenvalue weighted by Crippen LogP contribution is 2.43. The van der Waals surface area contributed by atoms with Crippen molar-refractivity contribution < 1.29 is 0 Å². The minimum atomic E-state index is 0.487. The van der Waals surface area contributed by atoms with Crippen LogP contribution in [0.25, 0.3) is 21.7 Å². The summed E-state index contributed by atoms with van der Waals surface area (Å²) < 4.78 is 3.44. The normalized spacial score (nSPS) is 15.0. The number of nitrogens with two attached hydrogens (primary N) is 1. The van der Waals surface area contributed by atoms with Gasteiger partial charge in [-0.05, 0) is 38.0 Å². The molecule has 1 fully saturated rings. The zero-order chi connectivity index (χ0) is 14.6. The molecule has 2 N–H and O–H groups in total. The van der Waals surface area contributed by atoms with Crippen molar-refractivity contribution in [1.82, 2.24) is 14.5 Å². The lowest BCUT2D eigenvalue weighted by Crippen LogP contribution is -1.97. The molecule has 0 aliphatic heterocycles. The number of benzene rings is 1. The zero-order valence-corrected chi connectivity index (χ0v) is 14.0. The minimum absolute atomic E-state index is 0.487. The summed E-state index contributed by atoms with van der Waals surface area (Å²) >= 11 is 5.19. The molecule has 0 bridgehead atoms. The first-order valence-corrected chi connectivity index (χ1v) is 8.62. The van der Waals surface area contributed by atoms with Crippen LogP contribution in [0.4, 0.5) is 0 Å². The number of halogens is 1. The molecular formula is C15H15BrN4S. The molecule has 2 heterocycles. The first kappa shape index (κ1) is 13.4. The lowest BCUT2D eigenvalue weighted by atomic mass is 10.3. The Hall–Kier alpha value is -1.24. The summed E-state index contributed by atoms with van der Waals surface area (Å²) in [6.07, 6.45) is 2.46. The van der Waals surface area contributed by atoms with E-state index in [-0.39, 0.29) is 0 Å². The molecular weight excluding hydrogens is 348 g/mol. The Labute approximate surface area is 135 Å². The Morgan fingerprint density at radius 1 is 1.38 bits per heavy atom. The second kappa shape index (κ2) is 4.90. The van der Waals surface area contributed by atoms with Crippen molar-refractivity contribution in [2.75, 3.05) is 0 Å². The van der Waals surface area contributed by atoms with Crippen LogP contribution in [0.3, 0.4) is 0 Å². The Kier molecular flexibility index (Phi) is 3.13. The monoisotopic (exact) mass is 362 g/mol. The molecule has 0 amide bonds. The highest BCUT2D eigenvalue weighted by atomic mass is 79.9. The standard InChI is InChI=1S/C15H15BrN4S/c1-8-14(21-13(7-17)18-8)15-19-11-6-9(16)2-5-12(11)20(15)10-3-4-10/h2,5-6,10H,3-4,7,17H2,1H3. The number of imidazole rings is 1. The van der Waals surface area contributed by atoms with E-state index < -0.39 is 0 Å². The largest absolute Gasteiger partial charge is 0.325 e. The van der Waals surface area contributed by atoms with Crippen LogP contribution in [0.5, 0.6) is 0 Å². The fraction of sp³-hybridized carbons (Fsp3) is 0.333. The van der Waals surface area contributed by atoms with E-state index in [1.807, 2.05) is 6.92 Å². The SMILES string of the molecule is Cc1nc(CN)sc1-c1nc2cc(Br)ccc2n1C1CC1. The van der Waals surface area contributed by atoms with E-state index >= 15 is 0 Å². The highest BCUT2D eigenvalue weighted by molar-refractivity contribution is 9.10. The number of rotatable bonds is 3. The number of hydrogen-bond donors (Lipinski definition) is 1. The van der Waals surface area contributed by atoms with Crippen LogP contribution in [0.15, 0.2) is 22.7 Å². The predicted molar refractivity (Wildman–Crippen MR) is 89.4 cm³/mol. The quantitative estimate of drug-likeness (QED) is 0.765. The van der Waals surface area contributed by atoms with Crippen LogP contribution in [0, 0.1) is 6.92 Å². The predicted octanol–water partition coefficient (Wildman–Crippen LogP) is 4.02. The number of aromatic nitrogens is 3. The molecule has 3 aromatic rings. The molecule has 6 heteroatoms. The van der Waals surface area contributed by atoms with Crippen molar-refractivity contribution in [2.45, 2.75) is 32.4 Å². The van der Waals surface area contributed by atoms with Crippen molar-refractivity contribution in [1.29, 1.82) is 0 Å². The lowest BCUT2D eigenvalue weighted by Gasteiger charge is -2.06. The van der Waals surface area contributed by atoms with Gasteiger partial charge in [-0.3, -0.25) is 0 Å². The molecule has 108 valence electrons. The Morgan fingerprint density at radius 2 is 2.19 bits per heavy atom. The lowest BCUT2D eigenvalue weighted by molar-refractivity contribution is 0.776. The summed E-state index contributed by atoms with van der Waals surface area (Å²) in [5, 5.41) is 0.970. The third kappa shape index (κ3) is 2.22. The van der Waals surface area contributed by atoms with Gasteiger partial charge in [0.05, 0.1) is 21.6 Å². The molecule has 1 saturated carbocycles. The molecule has 0 radical (unpaired) electrons. The fourth-order valence-corrected chi connectivity index (χ4v) is 3.96. The van der Waals surface area contributed by atoms with Gasteiger partial charge in [0.2, 0.25) is 0 Å². The van der Waals surface area contributed by atoms with Crippen molar-refractivity contribution in [3.63, 3.8) is 0 Å². The topological polar surface area (TPSA) is 56.7 Å². The molecule has 0 unspecified atom stereocenters. The highest BCUT2D eigenvalue weighted by Gasteiger charge is 2.30. The van der Waals surface area contributed by atoms with Gasteiger partial charge >= 0.3 is 0 Å². The molecule has 2 aromatic heterocycles. The van der Waals surface area contributed by atoms with E-state index in [0.29, 0.717) is 12.6 Å². The molecule has 0 saturated heterocycles. The first-order valence-electron chi connectivity index (χ1n) is 7.01. The van der Waals surface area contributed by atoms with Gasteiger partial charge in [-0.1, -0.05) is 15.9 Å². The summed E-state index contributed by atoms with van der Waals surface area (Å²) in [6, 6.07) is 6.89. The fourth-order valence-electron chi connectivity index (χ4n) is 2.68. The van der Waals surface area contributed by atoms with E-state index in [1.165, 1.54) is 18.4 Å². The summed E-state index contributed by atoms with van der Waals surface area (Å²) in [4.78, 5) is 10.6. The number of nitrogens with zero attached hydrogens (tertiary/aromatic N) is 3. The average molecular weight is 363 g/mol. The van der Waals surface area contributed by atoms with Gasteiger partial charge in [-0.2, -0.15) is 0 Å². The van der Waals surface area contributed by atoms with Crippen LogP contribution in [-0.4, -0.2) is 14.5 Å². The van der Waals surface area contributed by atoms with Gasteiger partial charge in [0.1, 0.15) is 5.01 Å². The maximum atomic E-state index is 5.73. The number of thiazole rings is 1. The molecule has 4 nitrogen and oxygen atoms in total. The first-order chi connectivity index (χ1) is 10.2. The maximum absolute atomic E-state index is 5.73. The van der Waals surface area contributed by atoms with Gasteiger partial charge in [0, 0.05) is 17.1 Å². The van der Waals surface area contributed by atoms with Crippen molar-refractivity contribution in [3.05, 3.63) is 33.4 Å². The molecule has 21 heavy (non-hydrogen) atoms. The van der Waals surface area contributed by atoms with E-state index in [4.69, 9.17) is 10.7 Å². The van der Waals surface area contributed by atoms with Crippen LogP contribution >= 0.6 is 27.3 Å². The van der Waals surface area contributed by atoms with Crippen molar-refractivity contribution in [3.8, 4) is 10.7 Å². The van der Waals surface area contributed by atoms with Gasteiger partial charge in [0.25, 0.3) is 0 Å². The second-order valence-corrected chi connectivity index (χ2v) is 7.40. The summed E-state index contributed by atoms with van der Waals surface area (Å²) in [5.41, 5.74) is 9.00. The average Bonchev–Trinajstić information content (AvgIpc) is 3.13. The summed E-state index contributed by atoms with van der Waals surface area (Å²) in [5.74, 6) is 1.04. The molecule has 1 aliphatic carbocycles. The van der Waals surface area contributed by atoms with Crippen LogP contribution in [-0.2, 0) is 6.54 Å². The number of fused-ring (bicyclic) bond motifs is 1. The van der Waals surface area contributed by atoms with Gasteiger partial charge in [-0.25, -0.2) is 9.97 Å². The maximum Gasteiger partial charge on any atom is 0.153 e. The molecule has 1 aliphatic rings. The van der Waals surface area contributed by atoms with E-state index in [1.54, 1.807) is 11.3 Å². The molecule has 4 rings (SSSR count). The van der Waals surface area contributed by atoms with E-state index in [9.17, 15) is 0 Å². The van der Waals surface area contributed by atoms with E-state index in [2.05, 4.69) is 43.7 Å². The molecule has 1 aromatic carbocycles. The summed E-state index contributed by atoms with van der Waals surface area (Å²) in [6.45, 7) is 2.53. The second-order valence-electron chi connectivity index (χ2n) is 5.40. The molecule has 0 spiro atoms. The Bertz CT molecular complexity index is 832. The summed E-state index contributed by atoms with van der Waals surface area (Å²) in [7, 11) is 0. The Balaban J connectivity index is 1.98. The molecule has 0 atom stereocenters.